The fourth-order valence-electron chi connectivity index (χ4n) is 3.16. The fourth-order valence-corrected chi connectivity index (χ4v) is 3.16. The van der Waals surface area contributed by atoms with Crippen LogP contribution in [0.25, 0.3) is 0 Å². The van der Waals surface area contributed by atoms with Crippen LogP contribution >= 0.6 is 0 Å². The molecule has 0 aromatic heterocycles. The van der Waals surface area contributed by atoms with Gasteiger partial charge < -0.3 is 10.1 Å². The van der Waals surface area contributed by atoms with E-state index >= 15 is 0 Å². The molecular weight excluding hydrogens is 210 g/mol. The second kappa shape index (κ2) is 8.10. The SMILES string of the molecule is CCC(C)CC(NC)C(OC)C1CCCCC1. The Kier molecular flexibility index (Phi) is 7.14. The van der Waals surface area contributed by atoms with E-state index in [9.17, 15) is 0 Å². The van der Waals surface area contributed by atoms with Gasteiger partial charge >= 0.3 is 0 Å². The molecule has 2 nitrogen and oxygen atoms in total. The summed E-state index contributed by atoms with van der Waals surface area (Å²) in [4.78, 5) is 0. The van der Waals surface area contributed by atoms with Gasteiger partial charge in [-0.2, -0.15) is 0 Å². The number of likely N-dealkylation sites (N-methyl/N-ethyl adjacent to an activating group) is 1. The summed E-state index contributed by atoms with van der Waals surface area (Å²) >= 11 is 0. The number of hydrogen-bond acceptors (Lipinski definition) is 2. The van der Waals surface area contributed by atoms with Gasteiger partial charge in [0.2, 0.25) is 0 Å². The Bertz CT molecular complexity index is 189. The van der Waals surface area contributed by atoms with Crippen LogP contribution in [0, 0.1) is 11.8 Å². The molecule has 0 radical (unpaired) electrons. The Labute approximate surface area is 108 Å². The van der Waals surface area contributed by atoms with Crippen molar-refractivity contribution in [3.8, 4) is 0 Å². The Morgan fingerprint density at radius 3 is 2.35 bits per heavy atom. The van der Waals surface area contributed by atoms with Crippen molar-refractivity contribution in [2.24, 2.45) is 11.8 Å². The molecule has 0 heterocycles. The normalized spacial score (nSPS) is 23.3. The van der Waals surface area contributed by atoms with Crippen LogP contribution in [-0.2, 0) is 4.74 Å². The highest BCUT2D eigenvalue weighted by Crippen LogP contribution is 2.30. The molecule has 0 aromatic rings. The van der Waals surface area contributed by atoms with Gasteiger partial charge in [-0.25, -0.2) is 0 Å². The van der Waals surface area contributed by atoms with E-state index in [1.807, 2.05) is 7.11 Å². The molecule has 1 fully saturated rings. The minimum absolute atomic E-state index is 0.411. The molecule has 2 heteroatoms. The highest BCUT2D eigenvalue weighted by molar-refractivity contribution is 4.85. The van der Waals surface area contributed by atoms with Crippen molar-refractivity contribution < 1.29 is 4.74 Å². The zero-order chi connectivity index (χ0) is 12.7. The summed E-state index contributed by atoms with van der Waals surface area (Å²) in [5.41, 5.74) is 0. The summed E-state index contributed by atoms with van der Waals surface area (Å²) in [6, 6.07) is 0.526. The third-order valence-electron chi connectivity index (χ3n) is 4.51. The van der Waals surface area contributed by atoms with Gasteiger partial charge in [0.25, 0.3) is 0 Å². The summed E-state index contributed by atoms with van der Waals surface area (Å²) in [5.74, 6) is 1.56. The van der Waals surface area contributed by atoms with Gasteiger partial charge in [-0.3, -0.25) is 0 Å². The first-order valence-electron chi connectivity index (χ1n) is 7.42. The molecule has 0 aliphatic heterocycles. The van der Waals surface area contributed by atoms with Crippen LogP contribution in [0.1, 0.15) is 58.8 Å². The zero-order valence-corrected chi connectivity index (χ0v) is 12.2. The van der Waals surface area contributed by atoms with Gasteiger partial charge in [0, 0.05) is 13.2 Å². The lowest BCUT2D eigenvalue weighted by molar-refractivity contribution is 0.00441. The van der Waals surface area contributed by atoms with Crippen molar-refractivity contribution in [1.29, 1.82) is 0 Å². The maximum absolute atomic E-state index is 5.83. The van der Waals surface area contributed by atoms with Crippen LogP contribution in [0.3, 0.4) is 0 Å². The van der Waals surface area contributed by atoms with Crippen LogP contribution < -0.4 is 5.32 Å². The van der Waals surface area contributed by atoms with E-state index in [0.717, 1.165) is 11.8 Å². The van der Waals surface area contributed by atoms with Crippen molar-refractivity contribution in [3.63, 3.8) is 0 Å². The van der Waals surface area contributed by atoms with Crippen LogP contribution in [0.4, 0.5) is 0 Å². The van der Waals surface area contributed by atoms with E-state index < -0.39 is 0 Å². The van der Waals surface area contributed by atoms with Gasteiger partial charge in [0.05, 0.1) is 6.10 Å². The maximum atomic E-state index is 5.83. The number of methoxy groups -OCH3 is 1. The second-order valence-electron chi connectivity index (χ2n) is 5.74. The fraction of sp³-hybridized carbons (Fsp3) is 1.00. The van der Waals surface area contributed by atoms with Gasteiger partial charge in [-0.05, 0) is 38.1 Å². The Morgan fingerprint density at radius 1 is 1.24 bits per heavy atom. The number of rotatable bonds is 7. The molecule has 0 amide bonds. The molecule has 102 valence electrons. The average molecular weight is 241 g/mol. The maximum Gasteiger partial charge on any atom is 0.0752 e. The number of nitrogens with one attached hydrogen (secondary N) is 1. The second-order valence-corrected chi connectivity index (χ2v) is 5.74. The van der Waals surface area contributed by atoms with Gasteiger partial charge in [-0.15, -0.1) is 0 Å². The summed E-state index contributed by atoms with van der Waals surface area (Å²) in [5, 5.41) is 3.49. The first kappa shape index (κ1) is 15.0. The van der Waals surface area contributed by atoms with Crippen molar-refractivity contribution in [3.05, 3.63) is 0 Å². The van der Waals surface area contributed by atoms with Crippen molar-refractivity contribution in [2.45, 2.75) is 70.9 Å². The third kappa shape index (κ3) is 4.59. The van der Waals surface area contributed by atoms with Gasteiger partial charge in [0.15, 0.2) is 0 Å². The molecular formula is C15H31NO. The predicted molar refractivity (Wildman–Crippen MR) is 74.3 cm³/mol. The van der Waals surface area contributed by atoms with E-state index in [1.54, 1.807) is 0 Å². The average Bonchev–Trinajstić information content (AvgIpc) is 2.39. The molecule has 1 aliphatic carbocycles. The smallest absolute Gasteiger partial charge is 0.0752 e. The summed E-state index contributed by atoms with van der Waals surface area (Å²) in [6.45, 7) is 4.62. The lowest BCUT2D eigenvalue weighted by Gasteiger charge is -2.35. The monoisotopic (exact) mass is 241 g/mol. The molecule has 0 aromatic carbocycles. The Hall–Kier alpha value is -0.0800. The number of ether oxygens (including phenoxy) is 1. The molecule has 0 bridgehead atoms. The third-order valence-corrected chi connectivity index (χ3v) is 4.51. The van der Waals surface area contributed by atoms with Crippen LogP contribution in [0.2, 0.25) is 0 Å². The quantitative estimate of drug-likeness (QED) is 0.735. The predicted octanol–water partition coefficient (Wildman–Crippen LogP) is 3.61. The van der Waals surface area contributed by atoms with Gasteiger partial charge in [-0.1, -0.05) is 39.5 Å². The van der Waals surface area contributed by atoms with Crippen LogP contribution in [-0.4, -0.2) is 26.3 Å². The molecule has 17 heavy (non-hydrogen) atoms. The molecule has 3 unspecified atom stereocenters. The summed E-state index contributed by atoms with van der Waals surface area (Å²) in [6.07, 6.45) is 9.83. The topological polar surface area (TPSA) is 21.3 Å². The lowest BCUT2D eigenvalue weighted by Crippen LogP contribution is -2.45. The van der Waals surface area contributed by atoms with Crippen LogP contribution in [0.15, 0.2) is 0 Å². The molecule has 1 N–H and O–H groups in total. The minimum Gasteiger partial charge on any atom is -0.380 e. The molecule has 0 spiro atoms. The summed E-state index contributed by atoms with van der Waals surface area (Å²) < 4.78 is 5.83. The number of hydrogen-bond donors (Lipinski definition) is 1. The first-order chi connectivity index (χ1) is 8.22. The molecule has 0 saturated heterocycles. The van der Waals surface area contributed by atoms with Gasteiger partial charge in [0.1, 0.15) is 0 Å². The van der Waals surface area contributed by atoms with Crippen molar-refractivity contribution >= 4 is 0 Å². The van der Waals surface area contributed by atoms with Crippen LogP contribution in [0.5, 0.6) is 0 Å². The molecule has 1 rings (SSSR count). The molecule has 1 saturated carbocycles. The minimum atomic E-state index is 0.411. The summed E-state index contributed by atoms with van der Waals surface area (Å²) in [7, 11) is 3.97. The molecule has 1 aliphatic rings. The van der Waals surface area contributed by atoms with Crippen molar-refractivity contribution in [1.82, 2.24) is 5.32 Å². The largest absolute Gasteiger partial charge is 0.380 e. The lowest BCUT2D eigenvalue weighted by atomic mass is 9.80. The highest BCUT2D eigenvalue weighted by Gasteiger charge is 2.30. The Balaban J connectivity index is 2.54. The van der Waals surface area contributed by atoms with E-state index in [0.29, 0.717) is 12.1 Å². The van der Waals surface area contributed by atoms with E-state index in [4.69, 9.17) is 4.74 Å². The van der Waals surface area contributed by atoms with E-state index in [2.05, 4.69) is 26.2 Å². The van der Waals surface area contributed by atoms with Crippen molar-refractivity contribution in [2.75, 3.05) is 14.2 Å². The van der Waals surface area contributed by atoms with E-state index in [1.165, 1.54) is 44.9 Å². The highest BCUT2D eigenvalue weighted by atomic mass is 16.5. The molecule has 3 atom stereocenters. The standard InChI is InChI=1S/C15H31NO/c1-5-12(2)11-14(16-3)15(17-4)13-9-7-6-8-10-13/h12-16H,5-11H2,1-4H3. The first-order valence-corrected chi connectivity index (χ1v) is 7.42. The Morgan fingerprint density at radius 2 is 1.88 bits per heavy atom. The van der Waals surface area contributed by atoms with E-state index in [-0.39, 0.29) is 0 Å². The zero-order valence-electron chi connectivity index (χ0n) is 12.2.